The van der Waals surface area contributed by atoms with Crippen molar-refractivity contribution >= 4 is 27.5 Å². The number of quaternary nitrogens is 1. The maximum atomic E-state index is 12.9. The minimum Gasteiger partial charge on any atom is -0.493 e. The number of hydrogen-bond acceptors (Lipinski definition) is 5. The Kier molecular flexibility index (Phi) is 6.71. The molecule has 3 rings (SSSR count). The molecule has 2 aromatic carbocycles. The van der Waals surface area contributed by atoms with Crippen molar-refractivity contribution in [2.24, 2.45) is 0 Å². The number of para-hydroxylation sites is 2. The number of benzene rings is 2. The van der Waals surface area contributed by atoms with Crippen LogP contribution >= 0.6 is 11.3 Å². The van der Waals surface area contributed by atoms with Crippen LogP contribution in [0.5, 0.6) is 11.5 Å². The standard InChI is InChI=1S/C22H27N3O3S/c1-15(22-23-17-10-6-7-12-19(17)29-22)25(3)20(26)14-24(2)13-16-9-8-11-18(27-4)21(16)28-5/h6-12,15H,13-14H2,1-5H3/p+1/t15-/m0/s1. The monoisotopic (exact) mass is 414 g/mol. The molecule has 154 valence electrons. The predicted molar refractivity (Wildman–Crippen MR) is 116 cm³/mol. The van der Waals surface area contributed by atoms with Crippen molar-refractivity contribution in [3.05, 3.63) is 53.0 Å². The third-order valence-corrected chi connectivity index (χ3v) is 6.28. The van der Waals surface area contributed by atoms with Crippen molar-refractivity contribution in [3.8, 4) is 11.5 Å². The topological polar surface area (TPSA) is 56.1 Å². The van der Waals surface area contributed by atoms with Gasteiger partial charge in [-0.15, -0.1) is 11.3 Å². The third-order valence-electron chi connectivity index (χ3n) is 5.07. The van der Waals surface area contributed by atoms with Gasteiger partial charge in [0.15, 0.2) is 18.0 Å². The quantitative estimate of drug-likeness (QED) is 0.616. The second kappa shape index (κ2) is 9.24. The molecule has 1 amide bonds. The Morgan fingerprint density at radius 2 is 1.93 bits per heavy atom. The Bertz CT molecular complexity index is 955. The first-order valence-corrected chi connectivity index (χ1v) is 10.4. The molecule has 0 aliphatic carbocycles. The molecule has 29 heavy (non-hydrogen) atoms. The highest BCUT2D eigenvalue weighted by atomic mass is 32.1. The van der Waals surface area contributed by atoms with E-state index < -0.39 is 0 Å². The summed E-state index contributed by atoms with van der Waals surface area (Å²) in [7, 11) is 7.11. The number of ether oxygens (including phenoxy) is 2. The van der Waals surface area contributed by atoms with Crippen molar-refractivity contribution in [3.63, 3.8) is 0 Å². The number of likely N-dealkylation sites (N-methyl/N-ethyl adjacent to an activating group) is 2. The van der Waals surface area contributed by atoms with E-state index in [9.17, 15) is 4.79 Å². The second-order valence-corrected chi connectivity index (χ2v) is 8.23. The van der Waals surface area contributed by atoms with E-state index in [0.717, 1.165) is 31.4 Å². The number of nitrogens with zero attached hydrogens (tertiary/aromatic N) is 2. The first-order valence-electron chi connectivity index (χ1n) is 9.56. The highest BCUT2D eigenvalue weighted by Crippen LogP contribution is 2.30. The van der Waals surface area contributed by atoms with E-state index in [0.29, 0.717) is 18.8 Å². The maximum absolute atomic E-state index is 12.9. The molecule has 3 aromatic rings. The molecule has 0 spiro atoms. The van der Waals surface area contributed by atoms with Crippen molar-refractivity contribution in [2.75, 3.05) is 34.9 Å². The summed E-state index contributed by atoms with van der Waals surface area (Å²) in [6.45, 7) is 3.07. The Labute approximate surface area is 175 Å². The fraction of sp³-hybridized carbons (Fsp3) is 0.364. The minimum absolute atomic E-state index is 0.0703. The minimum atomic E-state index is -0.0703. The largest absolute Gasteiger partial charge is 0.493 e. The molecule has 1 heterocycles. The normalized spacial score (nSPS) is 13.1. The first-order chi connectivity index (χ1) is 13.9. The number of rotatable bonds is 8. The lowest BCUT2D eigenvalue weighted by atomic mass is 10.1. The Morgan fingerprint density at radius 3 is 2.62 bits per heavy atom. The number of methoxy groups -OCH3 is 2. The lowest BCUT2D eigenvalue weighted by molar-refractivity contribution is -0.885. The number of amides is 1. The zero-order valence-electron chi connectivity index (χ0n) is 17.6. The summed E-state index contributed by atoms with van der Waals surface area (Å²) in [4.78, 5) is 20.4. The molecule has 0 fully saturated rings. The molecule has 0 aliphatic heterocycles. The predicted octanol–water partition coefficient (Wildman–Crippen LogP) is 2.55. The molecule has 6 nitrogen and oxygen atoms in total. The van der Waals surface area contributed by atoms with E-state index in [1.54, 1.807) is 30.5 Å². The van der Waals surface area contributed by atoms with E-state index >= 15 is 0 Å². The van der Waals surface area contributed by atoms with Gasteiger partial charge in [0.25, 0.3) is 5.91 Å². The lowest BCUT2D eigenvalue weighted by Gasteiger charge is -2.25. The summed E-state index contributed by atoms with van der Waals surface area (Å²) >= 11 is 1.64. The molecule has 1 N–H and O–H groups in total. The smallest absolute Gasteiger partial charge is 0.278 e. The van der Waals surface area contributed by atoms with E-state index in [-0.39, 0.29) is 11.9 Å². The van der Waals surface area contributed by atoms with Crippen LogP contribution in [0.4, 0.5) is 0 Å². The van der Waals surface area contributed by atoms with Gasteiger partial charge in [-0.1, -0.05) is 18.2 Å². The summed E-state index contributed by atoms with van der Waals surface area (Å²) in [6.07, 6.45) is 0. The van der Waals surface area contributed by atoms with E-state index in [1.807, 2.05) is 57.4 Å². The molecule has 0 radical (unpaired) electrons. The van der Waals surface area contributed by atoms with Crippen molar-refractivity contribution in [1.29, 1.82) is 0 Å². The van der Waals surface area contributed by atoms with Gasteiger partial charge in [-0.3, -0.25) is 4.79 Å². The van der Waals surface area contributed by atoms with Crippen LogP contribution in [0.2, 0.25) is 0 Å². The number of hydrogen-bond donors (Lipinski definition) is 1. The fourth-order valence-electron chi connectivity index (χ4n) is 3.31. The van der Waals surface area contributed by atoms with Gasteiger partial charge in [0.2, 0.25) is 0 Å². The molecule has 7 heteroatoms. The van der Waals surface area contributed by atoms with Crippen molar-refractivity contribution < 1.29 is 19.2 Å². The van der Waals surface area contributed by atoms with Crippen molar-refractivity contribution in [2.45, 2.75) is 19.5 Å². The van der Waals surface area contributed by atoms with Gasteiger partial charge in [-0.2, -0.15) is 0 Å². The Morgan fingerprint density at radius 1 is 1.17 bits per heavy atom. The molecule has 1 unspecified atom stereocenters. The van der Waals surface area contributed by atoms with Crippen LogP contribution in [0.25, 0.3) is 10.2 Å². The van der Waals surface area contributed by atoms with Crippen LogP contribution in [0.15, 0.2) is 42.5 Å². The molecular weight excluding hydrogens is 386 g/mol. The molecule has 0 bridgehead atoms. The van der Waals surface area contributed by atoms with Gasteiger partial charge in [0, 0.05) is 7.05 Å². The number of carbonyl (C=O) groups excluding carboxylic acids is 1. The molecular formula is C22H28N3O3S+. The third kappa shape index (κ3) is 4.68. The summed E-state index contributed by atoms with van der Waals surface area (Å²) in [6, 6.07) is 13.8. The second-order valence-electron chi connectivity index (χ2n) is 7.16. The van der Waals surface area contributed by atoms with E-state index in [4.69, 9.17) is 14.5 Å². The average molecular weight is 415 g/mol. The van der Waals surface area contributed by atoms with Gasteiger partial charge >= 0.3 is 0 Å². The van der Waals surface area contributed by atoms with Crippen LogP contribution < -0.4 is 14.4 Å². The Balaban J connectivity index is 1.66. The lowest BCUT2D eigenvalue weighted by Crippen LogP contribution is -3.08. The van der Waals surface area contributed by atoms with Crippen LogP contribution in [-0.4, -0.2) is 50.7 Å². The van der Waals surface area contributed by atoms with Crippen LogP contribution in [0, 0.1) is 0 Å². The number of nitrogens with one attached hydrogen (secondary N) is 1. The SMILES string of the molecule is COc1cccc(C[NH+](C)CC(=O)N(C)[C@@H](C)c2nc3ccccc3s2)c1OC. The summed E-state index contributed by atoms with van der Waals surface area (Å²) in [5.41, 5.74) is 1.99. The highest BCUT2D eigenvalue weighted by molar-refractivity contribution is 7.18. The molecule has 0 aliphatic rings. The highest BCUT2D eigenvalue weighted by Gasteiger charge is 2.24. The van der Waals surface area contributed by atoms with Crippen LogP contribution in [0.3, 0.4) is 0 Å². The van der Waals surface area contributed by atoms with Crippen molar-refractivity contribution in [1.82, 2.24) is 9.88 Å². The Hall–Kier alpha value is -2.64. The fourth-order valence-corrected chi connectivity index (χ4v) is 4.38. The molecule has 2 atom stereocenters. The van der Waals surface area contributed by atoms with Gasteiger partial charge in [-0.05, 0) is 31.2 Å². The molecule has 1 aromatic heterocycles. The molecule has 0 saturated heterocycles. The molecule has 0 saturated carbocycles. The zero-order chi connectivity index (χ0) is 21.0. The van der Waals surface area contributed by atoms with Crippen LogP contribution in [-0.2, 0) is 11.3 Å². The average Bonchev–Trinajstić information content (AvgIpc) is 3.16. The summed E-state index contributed by atoms with van der Waals surface area (Å²) in [5.74, 6) is 1.50. The summed E-state index contributed by atoms with van der Waals surface area (Å²) < 4.78 is 12.0. The summed E-state index contributed by atoms with van der Waals surface area (Å²) in [5, 5.41) is 0.953. The number of thiazole rings is 1. The zero-order valence-corrected chi connectivity index (χ0v) is 18.4. The van der Waals surface area contributed by atoms with E-state index in [2.05, 4.69) is 6.07 Å². The van der Waals surface area contributed by atoms with Crippen LogP contribution in [0.1, 0.15) is 23.5 Å². The number of fused-ring (bicyclic) bond motifs is 1. The first kappa shape index (κ1) is 21.1. The van der Waals surface area contributed by atoms with Gasteiger partial charge in [0.05, 0.1) is 43.1 Å². The van der Waals surface area contributed by atoms with Gasteiger partial charge in [-0.25, -0.2) is 4.98 Å². The number of carbonyl (C=O) groups is 1. The van der Waals surface area contributed by atoms with E-state index in [1.165, 1.54) is 0 Å². The van der Waals surface area contributed by atoms with Gasteiger partial charge < -0.3 is 19.3 Å². The van der Waals surface area contributed by atoms with Gasteiger partial charge in [0.1, 0.15) is 11.6 Å². The maximum Gasteiger partial charge on any atom is 0.278 e. The number of aromatic nitrogens is 1.